The molecule has 0 heterocycles. The molecule has 6 nitrogen and oxygen atoms in total. The average Bonchev–Trinajstić information content (AvgIpc) is 2.79. The highest BCUT2D eigenvalue weighted by molar-refractivity contribution is 6.99. The fourth-order valence-electron chi connectivity index (χ4n) is 4.30. The van der Waals surface area contributed by atoms with E-state index in [4.69, 9.17) is 9.16 Å². The van der Waals surface area contributed by atoms with Crippen LogP contribution in [-0.2, 0) is 14.0 Å². The van der Waals surface area contributed by atoms with Crippen molar-refractivity contribution in [2.75, 3.05) is 13.2 Å². The van der Waals surface area contributed by atoms with Crippen molar-refractivity contribution in [1.29, 1.82) is 0 Å². The molecule has 0 unspecified atom stereocenters. The molecular formula is C26H38O6Si. The zero-order chi connectivity index (χ0) is 24.6. The molecule has 0 aromatic heterocycles. The molecule has 2 aromatic carbocycles. The van der Waals surface area contributed by atoms with Gasteiger partial charge in [-0.3, -0.25) is 0 Å². The molecule has 0 aliphatic heterocycles. The Kier molecular flexibility index (Phi) is 9.81. The fraction of sp³-hybridized carbons (Fsp3) is 0.500. The van der Waals surface area contributed by atoms with E-state index in [1.54, 1.807) is 13.8 Å². The first kappa shape index (κ1) is 27.2. The molecule has 0 bridgehead atoms. The van der Waals surface area contributed by atoms with Gasteiger partial charge in [0.25, 0.3) is 8.32 Å². The molecule has 182 valence electrons. The summed E-state index contributed by atoms with van der Waals surface area (Å²) in [6.07, 6.45) is -3.71. The number of ether oxygens (including phenoxy) is 1. The standard InChI is InChI=1S/C26H38O6Si/c1-6-31-25(30)24(29)23(28)19(2)17-20(27)18-32-33(26(3,4)5,21-13-9-7-10-14-21)22-15-11-8-12-16-22/h7-16,19-20,23-24,27-29H,6,17-18H2,1-5H3/t19-,20-,23+,24-/m1/s1. The van der Waals surface area contributed by atoms with Crippen LogP contribution in [0.2, 0.25) is 5.04 Å². The van der Waals surface area contributed by atoms with Crippen molar-refractivity contribution in [2.45, 2.75) is 64.4 Å². The molecule has 0 fully saturated rings. The van der Waals surface area contributed by atoms with E-state index < -0.39 is 38.5 Å². The van der Waals surface area contributed by atoms with Crippen molar-refractivity contribution >= 4 is 24.7 Å². The summed E-state index contributed by atoms with van der Waals surface area (Å²) in [4.78, 5) is 11.7. The first-order valence-electron chi connectivity index (χ1n) is 11.5. The topological polar surface area (TPSA) is 96.2 Å². The van der Waals surface area contributed by atoms with E-state index in [-0.39, 0.29) is 24.7 Å². The first-order chi connectivity index (χ1) is 15.5. The Bertz CT molecular complexity index is 813. The average molecular weight is 475 g/mol. The van der Waals surface area contributed by atoms with E-state index >= 15 is 0 Å². The predicted octanol–water partition coefficient (Wildman–Crippen LogP) is 2.24. The van der Waals surface area contributed by atoms with Crippen molar-refractivity contribution < 1.29 is 29.3 Å². The molecule has 2 aromatic rings. The number of benzene rings is 2. The van der Waals surface area contributed by atoms with Crippen LogP contribution in [-0.4, -0.2) is 61.1 Å². The lowest BCUT2D eigenvalue weighted by Gasteiger charge is -2.43. The molecule has 0 aliphatic rings. The molecule has 0 aliphatic carbocycles. The van der Waals surface area contributed by atoms with E-state index in [1.807, 2.05) is 36.4 Å². The van der Waals surface area contributed by atoms with Crippen molar-refractivity contribution in [2.24, 2.45) is 5.92 Å². The Morgan fingerprint density at radius 1 is 0.939 bits per heavy atom. The molecule has 33 heavy (non-hydrogen) atoms. The summed E-state index contributed by atoms with van der Waals surface area (Å²) in [7, 11) is -2.79. The van der Waals surface area contributed by atoms with Crippen LogP contribution in [0.25, 0.3) is 0 Å². The van der Waals surface area contributed by atoms with Crippen LogP contribution in [0.4, 0.5) is 0 Å². The lowest BCUT2D eigenvalue weighted by atomic mass is 9.94. The summed E-state index contributed by atoms with van der Waals surface area (Å²) in [5.41, 5.74) is 0. The number of rotatable bonds is 11. The third-order valence-corrected chi connectivity index (χ3v) is 11.0. The van der Waals surface area contributed by atoms with Gasteiger partial charge in [0.2, 0.25) is 0 Å². The Morgan fingerprint density at radius 2 is 1.42 bits per heavy atom. The highest BCUT2D eigenvalue weighted by Gasteiger charge is 2.50. The zero-order valence-electron chi connectivity index (χ0n) is 20.3. The minimum absolute atomic E-state index is 0.0693. The molecule has 0 amide bonds. The third-order valence-electron chi connectivity index (χ3n) is 5.99. The summed E-state index contributed by atoms with van der Waals surface area (Å²) in [6, 6.07) is 20.3. The lowest BCUT2D eigenvalue weighted by Crippen LogP contribution is -2.67. The van der Waals surface area contributed by atoms with E-state index in [0.717, 1.165) is 10.4 Å². The van der Waals surface area contributed by atoms with Crippen molar-refractivity contribution in [3.05, 3.63) is 60.7 Å². The van der Waals surface area contributed by atoms with Crippen LogP contribution in [0.3, 0.4) is 0 Å². The van der Waals surface area contributed by atoms with Crippen molar-refractivity contribution in [3.63, 3.8) is 0 Å². The molecule has 2 rings (SSSR count). The summed E-state index contributed by atoms with van der Waals surface area (Å²) in [5.74, 6) is -1.41. The highest BCUT2D eigenvalue weighted by atomic mass is 28.4. The van der Waals surface area contributed by atoms with E-state index in [0.29, 0.717) is 0 Å². The first-order valence-corrected chi connectivity index (χ1v) is 13.4. The Balaban J connectivity index is 2.24. The predicted molar refractivity (Wildman–Crippen MR) is 132 cm³/mol. The number of hydrogen-bond acceptors (Lipinski definition) is 6. The van der Waals surface area contributed by atoms with Crippen LogP contribution in [0.1, 0.15) is 41.0 Å². The Morgan fingerprint density at radius 3 is 1.85 bits per heavy atom. The molecular weight excluding hydrogens is 436 g/mol. The number of aliphatic hydroxyl groups excluding tert-OH is 3. The van der Waals surface area contributed by atoms with E-state index in [1.165, 1.54) is 0 Å². The van der Waals surface area contributed by atoms with Crippen LogP contribution in [0.5, 0.6) is 0 Å². The van der Waals surface area contributed by atoms with Gasteiger partial charge in [-0.25, -0.2) is 4.79 Å². The molecule has 7 heteroatoms. The smallest absolute Gasteiger partial charge is 0.337 e. The monoisotopic (exact) mass is 474 g/mol. The molecule has 0 radical (unpaired) electrons. The SMILES string of the molecule is CCOC(=O)[C@H](O)[C@@H](O)[C@H](C)C[C@@H](O)CO[Si](c1ccccc1)(c1ccccc1)C(C)(C)C. The van der Waals surface area contributed by atoms with Gasteiger partial charge in [-0.15, -0.1) is 0 Å². The molecule has 3 N–H and O–H groups in total. The van der Waals surface area contributed by atoms with Gasteiger partial charge in [0.1, 0.15) is 0 Å². The van der Waals surface area contributed by atoms with E-state index in [9.17, 15) is 20.1 Å². The number of carbonyl (C=O) groups is 1. The van der Waals surface area contributed by atoms with Gasteiger partial charge in [0.15, 0.2) is 6.10 Å². The van der Waals surface area contributed by atoms with Gasteiger partial charge in [-0.05, 0) is 34.7 Å². The van der Waals surface area contributed by atoms with Gasteiger partial charge in [-0.1, -0.05) is 88.4 Å². The number of esters is 1. The maximum absolute atomic E-state index is 11.7. The van der Waals surface area contributed by atoms with Crippen LogP contribution < -0.4 is 10.4 Å². The third kappa shape index (κ3) is 6.52. The normalized spacial score (nSPS) is 16.0. The van der Waals surface area contributed by atoms with Gasteiger partial charge in [-0.2, -0.15) is 0 Å². The molecule has 4 atom stereocenters. The minimum atomic E-state index is -2.79. The fourth-order valence-corrected chi connectivity index (χ4v) is 8.90. The van der Waals surface area contributed by atoms with E-state index in [2.05, 4.69) is 45.0 Å². The lowest BCUT2D eigenvalue weighted by molar-refractivity contribution is -0.161. The Labute approximate surface area is 198 Å². The largest absolute Gasteiger partial charge is 0.464 e. The molecule has 0 saturated heterocycles. The maximum atomic E-state index is 11.7. The van der Waals surface area contributed by atoms with Gasteiger partial charge in [0.05, 0.1) is 25.4 Å². The Hall–Kier alpha value is -2.03. The number of aliphatic hydroxyl groups is 3. The molecule has 0 saturated carbocycles. The second-order valence-electron chi connectivity index (χ2n) is 9.53. The maximum Gasteiger partial charge on any atom is 0.337 e. The van der Waals surface area contributed by atoms with Crippen molar-refractivity contribution in [1.82, 2.24) is 0 Å². The van der Waals surface area contributed by atoms with Crippen LogP contribution >= 0.6 is 0 Å². The zero-order valence-corrected chi connectivity index (χ0v) is 21.3. The van der Waals surface area contributed by atoms with Gasteiger partial charge >= 0.3 is 5.97 Å². The summed E-state index contributed by atoms with van der Waals surface area (Å²) < 4.78 is 11.5. The summed E-state index contributed by atoms with van der Waals surface area (Å²) in [5, 5.41) is 33.2. The quantitative estimate of drug-likeness (QED) is 0.341. The summed E-state index contributed by atoms with van der Waals surface area (Å²) in [6.45, 7) is 9.98. The van der Waals surface area contributed by atoms with Gasteiger partial charge in [0, 0.05) is 0 Å². The second-order valence-corrected chi connectivity index (χ2v) is 13.8. The van der Waals surface area contributed by atoms with Crippen LogP contribution in [0.15, 0.2) is 60.7 Å². The van der Waals surface area contributed by atoms with Gasteiger partial charge < -0.3 is 24.5 Å². The minimum Gasteiger partial charge on any atom is -0.464 e. The van der Waals surface area contributed by atoms with Crippen LogP contribution in [0, 0.1) is 5.92 Å². The number of carbonyl (C=O) groups excluding carboxylic acids is 1. The second kappa shape index (κ2) is 11.9. The van der Waals surface area contributed by atoms with Crippen molar-refractivity contribution in [3.8, 4) is 0 Å². The molecule has 0 spiro atoms. The summed E-state index contributed by atoms with van der Waals surface area (Å²) >= 11 is 0. The highest BCUT2D eigenvalue weighted by Crippen LogP contribution is 2.37. The number of hydrogen-bond donors (Lipinski definition) is 3.